The molecule has 0 radical (unpaired) electrons. The summed E-state index contributed by atoms with van der Waals surface area (Å²) in [5.41, 5.74) is 1.38. The molecule has 2 aromatic heterocycles. The lowest BCUT2D eigenvalue weighted by molar-refractivity contribution is 0.101. The van der Waals surface area contributed by atoms with Gasteiger partial charge >= 0.3 is 0 Å². The van der Waals surface area contributed by atoms with Gasteiger partial charge in [0.1, 0.15) is 6.33 Å². The second-order valence-corrected chi connectivity index (χ2v) is 5.71. The van der Waals surface area contributed by atoms with Gasteiger partial charge in [-0.3, -0.25) is 9.36 Å². The maximum Gasteiger partial charge on any atom is 0.298 e. The van der Waals surface area contributed by atoms with Gasteiger partial charge in [0.15, 0.2) is 17.0 Å². The van der Waals surface area contributed by atoms with Crippen LogP contribution in [0.3, 0.4) is 0 Å². The van der Waals surface area contributed by atoms with Gasteiger partial charge in [-0.2, -0.15) is 4.98 Å². The summed E-state index contributed by atoms with van der Waals surface area (Å²) in [6.45, 7) is -0.291. The molecule has 26 heavy (non-hydrogen) atoms. The zero-order chi connectivity index (χ0) is 18.5. The second kappa shape index (κ2) is 7.89. The van der Waals surface area contributed by atoms with Crippen molar-refractivity contribution in [2.24, 2.45) is 13.0 Å². The van der Waals surface area contributed by atoms with Crippen LogP contribution in [0.1, 0.15) is 10.4 Å². The van der Waals surface area contributed by atoms with Crippen molar-refractivity contribution in [3.8, 4) is 6.01 Å². The number of aliphatic hydroxyl groups excluding tert-OH is 2. The van der Waals surface area contributed by atoms with Crippen LogP contribution >= 0.6 is 0 Å². The molecule has 0 aliphatic heterocycles. The number of ether oxygens (including phenoxy) is 1. The van der Waals surface area contributed by atoms with Crippen LogP contribution in [0.2, 0.25) is 0 Å². The summed E-state index contributed by atoms with van der Waals surface area (Å²) in [4.78, 5) is 25.0. The first-order valence-electron chi connectivity index (χ1n) is 8.02. The third kappa shape index (κ3) is 3.63. The van der Waals surface area contributed by atoms with Crippen LogP contribution in [0.4, 0.5) is 5.82 Å². The highest BCUT2D eigenvalue weighted by atomic mass is 16.5. The van der Waals surface area contributed by atoms with Crippen molar-refractivity contribution in [1.82, 2.24) is 19.5 Å². The molecular weight excluding hydrogens is 338 g/mol. The van der Waals surface area contributed by atoms with Crippen molar-refractivity contribution in [1.29, 1.82) is 0 Å². The minimum Gasteiger partial charge on any atom is -0.464 e. The normalized spacial score (nSPS) is 11.1. The number of hydrogen-bond acceptors (Lipinski definition) is 7. The number of aliphatic hydroxyl groups is 2. The molecule has 3 N–H and O–H groups in total. The van der Waals surface area contributed by atoms with Gasteiger partial charge in [0.05, 0.1) is 19.8 Å². The molecule has 0 spiro atoms. The lowest BCUT2D eigenvalue weighted by Gasteiger charge is -2.11. The summed E-state index contributed by atoms with van der Waals surface area (Å²) in [5, 5.41) is 21.0. The van der Waals surface area contributed by atoms with E-state index in [0.29, 0.717) is 16.7 Å². The third-order valence-corrected chi connectivity index (χ3v) is 3.85. The quantitative estimate of drug-likeness (QED) is 0.566. The van der Waals surface area contributed by atoms with Crippen LogP contribution in [-0.4, -0.2) is 55.5 Å². The van der Waals surface area contributed by atoms with Gasteiger partial charge in [-0.15, -0.1) is 0 Å². The van der Waals surface area contributed by atoms with Gasteiger partial charge in [0.25, 0.3) is 11.9 Å². The number of anilines is 1. The SMILES string of the molecule is Cn1c(OCC(CO)CO)nc2c(NC(=O)c3ccccc3)ncnc21. The Bertz CT molecular complexity index is 893. The van der Waals surface area contributed by atoms with E-state index in [0.717, 1.165) is 0 Å². The largest absolute Gasteiger partial charge is 0.464 e. The molecule has 0 atom stereocenters. The molecule has 1 amide bonds. The van der Waals surface area contributed by atoms with Gasteiger partial charge in [0, 0.05) is 18.5 Å². The predicted molar refractivity (Wildman–Crippen MR) is 93.9 cm³/mol. The third-order valence-electron chi connectivity index (χ3n) is 3.85. The molecular formula is C17H19N5O4. The summed E-state index contributed by atoms with van der Waals surface area (Å²) in [6, 6.07) is 9.03. The van der Waals surface area contributed by atoms with Gasteiger partial charge in [0.2, 0.25) is 0 Å². The Hall–Kier alpha value is -3.04. The molecule has 0 aliphatic carbocycles. The monoisotopic (exact) mass is 357 g/mol. The zero-order valence-corrected chi connectivity index (χ0v) is 14.2. The molecule has 0 bridgehead atoms. The van der Waals surface area contributed by atoms with Crippen molar-refractivity contribution in [3.05, 3.63) is 42.2 Å². The van der Waals surface area contributed by atoms with Crippen molar-refractivity contribution in [3.63, 3.8) is 0 Å². The molecule has 1 aromatic carbocycles. The topological polar surface area (TPSA) is 122 Å². The molecule has 0 unspecified atom stereocenters. The molecule has 2 heterocycles. The van der Waals surface area contributed by atoms with Crippen LogP contribution in [0.15, 0.2) is 36.7 Å². The van der Waals surface area contributed by atoms with E-state index in [2.05, 4.69) is 20.3 Å². The minimum atomic E-state index is -0.404. The summed E-state index contributed by atoms with van der Waals surface area (Å²) < 4.78 is 7.17. The fraction of sp³-hybridized carbons (Fsp3) is 0.294. The van der Waals surface area contributed by atoms with E-state index in [1.807, 2.05) is 6.07 Å². The molecule has 0 saturated heterocycles. The minimum absolute atomic E-state index is 0.100. The highest BCUT2D eigenvalue weighted by Gasteiger charge is 2.18. The van der Waals surface area contributed by atoms with E-state index in [4.69, 9.17) is 14.9 Å². The van der Waals surface area contributed by atoms with Crippen LogP contribution in [0.25, 0.3) is 11.2 Å². The number of aryl methyl sites for hydroxylation is 1. The molecule has 0 saturated carbocycles. The van der Waals surface area contributed by atoms with Crippen LogP contribution in [0.5, 0.6) is 6.01 Å². The smallest absolute Gasteiger partial charge is 0.298 e. The Morgan fingerprint density at radius 2 is 1.96 bits per heavy atom. The molecule has 0 fully saturated rings. The van der Waals surface area contributed by atoms with Gasteiger partial charge < -0.3 is 20.3 Å². The Kier molecular flexibility index (Phi) is 5.40. The standard InChI is InChI=1S/C17H19N5O4/c1-22-15-13(20-17(22)26-9-11(7-23)8-24)14(18-10-19-15)21-16(25)12-5-3-2-4-6-12/h2-6,10-11,23-24H,7-9H2,1H3,(H,18,19,21,25). The van der Waals surface area contributed by atoms with Crippen LogP contribution in [0, 0.1) is 5.92 Å². The van der Waals surface area contributed by atoms with Gasteiger partial charge in [-0.1, -0.05) is 18.2 Å². The predicted octanol–water partition coefficient (Wildman–Crippen LogP) is 0.595. The maximum absolute atomic E-state index is 12.3. The highest BCUT2D eigenvalue weighted by molar-refractivity contribution is 6.06. The Morgan fingerprint density at radius 1 is 1.23 bits per heavy atom. The fourth-order valence-corrected chi connectivity index (χ4v) is 2.32. The summed E-state index contributed by atoms with van der Waals surface area (Å²) in [5.74, 6) is -0.437. The number of fused-ring (bicyclic) bond motifs is 1. The number of hydrogen-bond donors (Lipinski definition) is 3. The average molecular weight is 357 g/mol. The number of nitrogens with zero attached hydrogens (tertiary/aromatic N) is 4. The molecule has 9 heteroatoms. The van der Waals surface area contributed by atoms with Crippen molar-refractivity contribution >= 4 is 22.9 Å². The zero-order valence-electron chi connectivity index (χ0n) is 14.2. The van der Waals surface area contributed by atoms with E-state index in [1.165, 1.54) is 6.33 Å². The van der Waals surface area contributed by atoms with Crippen molar-refractivity contribution < 1.29 is 19.7 Å². The van der Waals surface area contributed by atoms with Crippen molar-refractivity contribution in [2.75, 3.05) is 25.1 Å². The van der Waals surface area contributed by atoms with E-state index in [1.54, 1.807) is 35.9 Å². The van der Waals surface area contributed by atoms with Crippen LogP contribution in [-0.2, 0) is 7.05 Å². The number of amides is 1. The molecule has 0 aliphatic rings. The molecule has 3 rings (SSSR count). The van der Waals surface area contributed by atoms with E-state index in [9.17, 15) is 4.79 Å². The number of nitrogens with one attached hydrogen (secondary N) is 1. The number of carbonyl (C=O) groups excluding carboxylic acids is 1. The van der Waals surface area contributed by atoms with Gasteiger partial charge in [-0.05, 0) is 12.1 Å². The summed E-state index contributed by atoms with van der Waals surface area (Å²) in [6.07, 6.45) is 1.33. The van der Waals surface area contributed by atoms with E-state index in [-0.39, 0.29) is 37.6 Å². The van der Waals surface area contributed by atoms with Gasteiger partial charge in [-0.25, -0.2) is 9.97 Å². The number of rotatable bonds is 7. The summed E-state index contributed by atoms with van der Waals surface area (Å²) >= 11 is 0. The maximum atomic E-state index is 12.3. The molecule has 9 nitrogen and oxygen atoms in total. The first-order chi connectivity index (χ1) is 12.6. The lowest BCUT2D eigenvalue weighted by atomic mass is 10.2. The number of benzene rings is 1. The Labute approximate surface area is 149 Å². The van der Waals surface area contributed by atoms with Crippen molar-refractivity contribution in [2.45, 2.75) is 0 Å². The Morgan fingerprint density at radius 3 is 2.65 bits per heavy atom. The first kappa shape index (κ1) is 17.8. The number of imidazole rings is 1. The Balaban J connectivity index is 1.85. The molecule has 136 valence electrons. The molecule has 3 aromatic rings. The lowest BCUT2D eigenvalue weighted by Crippen LogP contribution is -2.20. The average Bonchev–Trinajstić information content (AvgIpc) is 3.00. The second-order valence-electron chi connectivity index (χ2n) is 5.71. The fourth-order valence-electron chi connectivity index (χ4n) is 2.32. The van der Waals surface area contributed by atoms with Crippen LogP contribution < -0.4 is 10.1 Å². The van der Waals surface area contributed by atoms with E-state index < -0.39 is 5.92 Å². The summed E-state index contributed by atoms with van der Waals surface area (Å²) in [7, 11) is 1.72. The number of aromatic nitrogens is 4. The first-order valence-corrected chi connectivity index (χ1v) is 8.02. The number of carbonyl (C=O) groups is 1. The van der Waals surface area contributed by atoms with E-state index >= 15 is 0 Å². The highest BCUT2D eigenvalue weighted by Crippen LogP contribution is 2.23.